The summed E-state index contributed by atoms with van der Waals surface area (Å²) in [6.07, 6.45) is -6.06. The molecule has 3 aliphatic rings. The van der Waals surface area contributed by atoms with Crippen LogP contribution in [-0.2, 0) is 39.3 Å². The number of hydrogen-bond acceptors (Lipinski definition) is 6. The normalized spacial score (nSPS) is 21.9. The Balaban J connectivity index is 1.31. The Hall–Kier alpha value is -4.17. The Bertz CT molecular complexity index is 1980. The molecule has 4 atom stereocenters. The van der Waals surface area contributed by atoms with Gasteiger partial charge in [-0.1, -0.05) is 5.92 Å². The highest BCUT2D eigenvalue weighted by Gasteiger charge is 2.68. The van der Waals surface area contributed by atoms with Crippen LogP contribution in [0.25, 0.3) is 0 Å². The fraction of sp³-hybridized carbons (Fsp3) is 0.486. The van der Waals surface area contributed by atoms with Crippen molar-refractivity contribution in [3.8, 4) is 11.8 Å². The van der Waals surface area contributed by atoms with Gasteiger partial charge in [0.1, 0.15) is 46.9 Å². The van der Waals surface area contributed by atoms with Gasteiger partial charge in [0.15, 0.2) is 5.69 Å². The van der Waals surface area contributed by atoms with Gasteiger partial charge >= 0.3 is 12.3 Å². The number of fused-ring (bicyclic) bond motifs is 3. The van der Waals surface area contributed by atoms with Crippen LogP contribution in [0.15, 0.2) is 34.8 Å². The summed E-state index contributed by atoms with van der Waals surface area (Å²) in [5.74, 6) is -2.91. The largest absolute Gasteiger partial charge is 0.444 e. The Morgan fingerprint density at radius 3 is 2.44 bits per heavy atom. The SMILES string of the molecule is CC(C)(C)OC(=O)N1[C@H](C#Cc2ccc(Br)c([C@H](Cc3cc(F)cc(F)c3)NC(=O)Cn3nc(C(F)(F)F)c4c3C(F)(F)[C@@H]3C[C@H]43)n2)COC1(C)C. The summed E-state index contributed by atoms with van der Waals surface area (Å²) in [5, 5.41) is 5.98. The van der Waals surface area contributed by atoms with Crippen LogP contribution in [0.4, 0.5) is 35.5 Å². The Morgan fingerprint density at radius 1 is 1.13 bits per heavy atom. The molecule has 0 unspecified atom stereocenters. The molecule has 52 heavy (non-hydrogen) atoms. The van der Waals surface area contributed by atoms with Crippen LogP contribution in [-0.4, -0.2) is 55.6 Å². The van der Waals surface area contributed by atoms with E-state index in [4.69, 9.17) is 9.47 Å². The molecular formula is C35H33BrF7N5O4. The summed E-state index contributed by atoms with van der Waals surface area (Å²) < 4.78 is 112. The maximum Gasteiger partial charge on any atom is 0.435 e. The standard InChI is InChI=1S/C35H33BrF7N5O4/c1-32(2,3)52-31(50)48-21(16-51-33(48,4)5)8-6-20-7-9-24(36)28(44-20)25(12-17-10-18(37)13-19(38)11-17)45-26(49)15-47-30-27(29(46-47)35(41,42)43)22-14-23(22)34(30,39)40/h7,9-11,13,21-23,25H,12,14-16H2,1-5H3,(H,45,49)/t21-,22+,23-,25+/m1/s1. The van der Waals surface area contributed by atoms with Crippen molar-refractivity contribution in [2.45, 2.75) is 95.4 Å². The first-order valence-corrected chi connectivity index (χ1v) is 17.0. The fourth-order valence-corrected chi connectivity index (χ4v) is 7.14. The van der Waals surface area contributed by atoms with Crippen molar-refractivity contribution in [2.24, 2.45) is 5.92 Å². The van der Waals surface area contributed by atoms with Gasteiger partial charge in [0.05, 0.1) is 18.3 Å². The maximum atomic E-state index is 15.1. The average molecular weight is 801 g/mol. The quantitative estimate of drug-likeness (QED) is 0.207. The second kappa shape index (κ2) is 13.0. The predicted molar refractivity (Wildman–Crippen MR) is 174 cm³/mol. The highest BCUT2D eigenvalue weighted by Crippen LogP contribution is 2.68. The predicted octanol–water partition coefficient (Wildman–Crippen LogP) is 7.37. The minimum atomic E-state index is -5.02. The van der Waals surface area contributed by atoms with Crippen LogP contribution in [0.2, 0.25) is 0 Å². The third-order valence-corrected chi connectivity index (χ3v) is 9.51. The van der Waals surface area contributed by atoms with Gasteiger partial charge in [-0.05, 0) is 105 Å². The molecule has 2 aromatic heterocycles. The average Bonchev–Trinajstić information content (AvgIpc) is 3.53. The first kappa shape index (κ1) is 37.6. The Morgan fingerprint density at radius 2 is 1.81 bits per heavy atom. The number of amides is 2. The molecule has 0 spiro atoms. The lowest BCUT2D eigenvalue weighted by Crippen LogP contribution is -2.49. The second-order valence-corrected chi connectivity index (χ2v) is 15.3. The molecule has 1 aliphatic heterocycles. The van der Waals surface area contributed by atoms with Crippen LogP contribution in [0.1, 0.15) is 86.9 Å². The second-order valence-electron chi connectivity index (χ2n) is 14.4. The lowest BCUT2D eigenvalue weighted by molar-refractivity contribution is -0.142. The molecule has 2 aliphatic carbocycles. The van der Waals surface area contributed by atoms with E-state index in [9.17, 15) is 31.5 Å². The Kier molecular flexibility index (Phi) is 9.43. The molecule has 278 valence electrons. The van der Waals surface area contributed by atoms with Gasteiger partial charge in [-0.2, -0.15) is 27.1 Å². The van der Waals surface area contributed by atoms with Crippen molar-refractivity contribution < 1.29 is 49.8 Å². The van der Waals surface area contributed by atoms with Crippen LogP contribution < -0.4 is 5.32 Å². The van der Waals surface area contributed by atoms with E-state index in [-0.39, 0.29) is 36.4 Å². The van der Waals surface area contributed by atoms with E-state index in [1.54, 1.807) is 40.7 Å². The highest BCUT2D eigenvalue weighted by atomic mass is 79.9. The lowest BCUT2D eigenvalue weighted by Gasteiger charge is -2.33. The van der Waals surface area contributed by atoms with E-state index in [1.165, 1.54) is 11.0 Å². The number of aromatic nitrogens is 3. The van der Waals surface area contributed by atoms with Gasteiger partial charge in [0.25, 0.3) is 5.92 Å². The fourth-order valence-electron chi connectivity index (χ4n) is 6.65. The van der Waals surface area contributed by atoms with Crippen LogP contribution in [0, 0.1) is 29.4 Å². The number of benzene rings is 1. The van der Waals surface area contributed by atoms with E-state index >= 15 is 8.78 Å². The van der Waals surface area contributed by atoms with Crippen molar-refractivity contribution in [3.63, 3.8) is 0 Å². The number of alkyl halides is 5. The summed E-state index contributed by atoms with van der Waals surface area (Å²) in [6, 6.07) is 3.82. The van der Waals surface area contributed by atoms with Crippen LogP contribution >= 0.6 is 15.9 Å². The van der Waals surface area contributed by atoms with E-state index < -0.39 is 94.5 Å². The molecule has 6 rings (SSSR count). The minimum Gasteiger partial charge on any atom is -0.444 e. The van der Waals surface area contributed by atoms with Gasteiger partial charge < -0.3 is 14.8 Å². The van der Waals surface area contributed by atoms with E-state index in [0.717, 1.165) is 12.1 Å². The smallest absolute Gasteiger partial charge is 0.435 e. The summed E-state index contributed by atoms with van der Waals surface area (Å²) in [5.41, 5.74) is -4.51. The molecule has 2 fully saturated rings. The monoisotopic (exact) mass is 799 g/mol. The minimum absolute atomic E-state index is 0.0557. The van der Waals surface area contributed by atoms with Gasteiger partial charge in [0, 0.05) is 22.0 Å². The number of pyridine rings is 1. The zero-order valence-electron chi connectivity index (χ0n) is 28.5. The third-order valence-electron chi connectivity index (χ3n) is 8.84. The number of carbonyl (C=O) groups excluding carboxylic acids is 2. The number of ether oxygens (including phenoxy) is 2. The summed E-state index contributed by atoms with van der Waals surface area (Å²) >= 11 is 3.37. The van der Waals surface area contributed by atoms with E-state index in [2.05, 4.69) is 43.2 Å². The zero-order chi connectivity index (χ0) is 38.1. The van der Waals surface area contributed by atoms with E-state index in [1.807, 2.05) is 0 Å². The summed E-state index contributed by atoms with van der Waals surface area (Å²) in [6.45, 7) is 7.57. The molecule has 17 heteroatoms. The molecule has 1 saturated heterocycles. The number of halogens is 8. The van der Waals surface area contributed by atoms with Gasteiger partial charge in [-0.3, -0.25) is 14.4 Å². The highest BCUT2D eigenvalue weighted by molar-refractivity contribution is 9.10. The molecule has 3 aromatic rings. The molecule has 0 radical (unpaired) electrons. The maximum absolute atomic E-state index is 15.1. The molecule has 1 saturated carbocycles. The molecule has 3 heterocycles. The number of nitrogens with one attached hydrogen (secondary N) is 1. The number of hydrogen-bond donors (Lipinski definition) is 1. The van der Waals surface area contributed by atoms with Crippen LogP contribution in [0.3, 0.4) is 0 Å². The van der Waals surface area contributed by atoms with Crippen molar-refractivity contribution in [2.75, 3.05) is 6.61 Å². The summed E-state index contributed by atoms with van der Waals surface area (Å²) in [7, 11) is 0. The number of rotatable bonds is 6. The van der Waals surface area contributed by atoms with Gasteiger partial charge in [-0.15, -0.1) is 0 Å². The van der Waals surface area contributed by atoms with Crippen LogP contribution in [0.5, 0.6) is 0 Å². The molecular weight excluding hydrogens is 767 g/mol. The molecule has 0 bridgehead atoms. The topological polar surface area (TPSA) is 98.6 Å². The molecule has 2 amide bonds. The first-order chi connectivity index (χ1) is 24.0. The lowest BCUT2D eigenvalue weighted by atomic mass is 10.0. The summed E-state index contributed by atoms with van der Waals surface area (Å²) in [4.78, 5) is 32.4. The molecule has 1 N–H and O–H groups in total. The van der Waals surface area contributed by atoms with Gasteiger partial charge in [0.2, 0.25) is 5.91 Å². The Labute approximate surface area is 302 Å². The molecule has 9 nitrogen and oxygen atoms in total. The van der Waals surface area contributed by atoms with Crippen molar-refractivity contribution in [1.82, 2.24) is 25.0 Å². The van der Waals surface area contributed by atoms with Crippen molar-refractivity contribution in [3.05, 3.63) is 80.3 Å². The van der Waals surface area contributed by atoms with Crippen molar-refractivity contribution >= 4 is 27.9 Å². The van der Waals surface area contributed by atoms with E-state index in [0.29, 0.717) is 15.2 Å². The third kappa shape index (κ3) is 7.50. The number of nitrogens with zero attached hydrogens (tertiary/aromatic N) is 4. The number of carbonyl (C=O) groups is 2. The first-order valence-electron chi connectivity index (χ1n) is 16.2. The zero-order valence-corrected chi connectivity index (χ0v) is 30.1. The van der Waals surface area contributed by atoms with Gasteiger partial charge in [-0.25, -0.2) is 18.6 Å². The molecule has 1 aromatic carbocycles. The van der Waals surface area contributed by atoms with Crippen molar-refractivity contribution in [1.29, 1.82) is 0 Å².